The summed E-state index contributed by atoms with van der Waals surface area (Å²) in [6.07, 6.45) is -5.29. The summed E-state index contributed by atoms with van der Waals surface area (Å²) in [5, 5.41) is 9.96. The molecule has 0 aromatic heterocycles. The smallest absolute Gasteiger partial charge is 0.383 e. The SMILES string of the molecule is CC(C)(C)c1ccc2cc3c(c(-c4cccc(CC(F)(F)F)c4)c2c1)C(N)=NC3=N. The molecule has 4 rings (SSSR count). The quantitative estimate of drug-likeness (QED) is 0.539. The van der Waals surface area contributed by atoms with Crippen molar-refractivity contribution >= 4 is 22.4 Å². The minimum absolute atomic E-state index is 0.0667. The average Bonchev–Trinajstić information content (AvgIpc) is 2.91. The second kappa shape index (κ2) is 6.69. The lowest BCUT2D eigenvalue weighted by molar-refractivity contribution is -0.127. The fourth-order valence-corrected chi connectivity index (χ4v) is 3.92. The molecule has 0 saturated heterocycles. The third-order valence-corrected chi connectivity index (χ3v) is 5.37. The van der Waals surface area contributed by atoms with Gasteiger partial charge >= 0.3 is 6.18 Å². The Morgan fingerprint density at radius 1 is 0.967 bits per heavy atom. The van der Waals surface area contributed by atoms with Gasteiger partial charge in [0, 0.05) is 16.7 Å². The van der Waals surface area contributed by atoms with Crippen molar-refractivity contribution in [1.29, 1.82) is 5.41 Å². The van der Waals surface area contributed by atoms with E-state index in [2.05, 4.69) is 31.8 Å². The van der Waals surface area contributed by atoms with Gasteiger partial charge in [-0.3, -0.25) is 5.41 Å². The zero-order valence-electron chi connectivity index (χ0n) is 17.0. The molecule has 1 aliphatic rings. The van der Waals surface area contributed by atoms with Crippen molar-refractivity contribution in [3.63, 3.8) is 0 Å². The molecule has 0 radical (unpaired) electrons. The number of rotatable bonds is 2. The molecule has 0 fully saturated rings. The third-order valence-electron chi connectivity index (χ3n) is 5.37. The summed E-state index contributed by atoms with van der Waals surface area (Å²) in [5.74, 6) is 0.284. The van der Waals surface area contributed by atoms with Crippen molar-refractivity contribution in [2.45, 2.75) is 38.8 Å². The van der Waals surface area contributed by atoms with E-state index in [1.165, 1.54) is 6.07 Å². The van der Waals surface area contributed by atoms with Crippen LogP contribution in [0.15, 0.2) is 53.5 Å². The van der Waals surface area contributed by atoms with Crippen molar-refractivity contribution < 1.29 is 13.2 Å². The van der Waals surface area contributed by atoms with Gasteiger partial charge in [-0.15, -0.1) is 0 Å². The van der Waals surface area contributed by atoms with E-state index in [1.54, 1.807) is 18.2 Å². The fourth-order valence-electron chi connectivity index (χ4n) is 3.92. The second-order valence-corrected chi connectivity index (χ2v) is 8.70. The van der Waals surface area contributed by atoms with Crippen LogP contribution in [0.4, 0.5) is 13.2 Å². The summed E-state index contributed by atoms with van der Waals surface area (Å²) in [6, 6.07) is 14.4. The minimum atomic E-state index is -4.29. The highest BCUT2D eigenvalue weighted by molar-refractivity contribution is 6.27. The van der Waals surface area contributed by atoms with Crippen LogP contribution in [0.1, 0.15) is 43.0 Å². The number of benzene rings is 3. The van der Waals surface area contributed by atoms with Crippen LogP contribution in [0.3, 0.4) is 0 Å². The highest BCUT2D eigenvalue weighted by Crippen LogP contribution is 2.39. The van der Waals surface area contributed by atoms with Crippen molar-refractivity contribution in [3.05, 3.63) is 70.8 Å². The highest BCUT2D eigenvalue weighted by Gasteiger charge is 2.29. The van der Waals surface area contributed by atoms with E-state index in [-0.39, 0.29) is 22.6 Å². The Morgan fingerprint density at radius 2 is 1.70 bits per heavy atom. The molecule has 3 N–H and O–H groups in total. The number of fused-ring (bicyclic) bond motifs is 2. The number of nitrogens with one attached hydrogen (secondary N) is 1. The molecule has 1 aliphatic heterocycles. The molecule has 154 valence electrons. The standard InChI is InChI=1S/C24H22F3N3/c1-23(2,3)16-8-7-14-10-18-20(22(29)30-21(18)28)19(17(14)11-16)15-6-4-5-13(9-15)12-24(25,26)27/h4-11H,12H2,1-3H3,(H3,28,29,30). The normalized spacial score (nSPS) is 14.2. The first-order valence-electron chi connectivity index (χ1n) is 9.65. The van der Waals surface area contributed by atoms with Gasteiger partial charge in [-0.25, -0.2) is 4.99 Å². The summed E-state index contributed by atoms with van der Waals surface area (Å²) < 4.78 is 38.9. The molecule has 3 aromatic carbocycles. The molecular weight excluding hydrogens is 387 g/mol. The van der Waals surface area contributed by atoms with Crippen LogP contribution < -0.4 is 5.73 Å². The van der Waals surface area contributed by atoms with E-state index in [9.17, 15) is 13.2 Å². The Bertz CT molecular complexity index is 1210. The zero-order valence-corrected chi connectivity index (χ0v) is 17.0. The van der Waals surface area contributed by atoms with Gasteiger partial charge in [0.1, 0.15) is 5.84 Å². The van der Waals surface area contributed by atoms with E-state index >= 15 is 0 Å². The van der Waals surface area contributed by atoms with Crippen molar-refractivity contribution in [3.8, 4) is 11.1 Å². The van der Waals surface area contributed by atoms with Crippen LogP contribution in [0, 0.1) is 5.41 Å². The summed E-state index contributed by atoms with van der Waals surface area (Å²) in [5.41, 5.74) is 9.91. The Balaban J connectivity index is 2.05. The first kappa shape index (κ1) is 20.1. The molecule has 1 heterocycles. The Labute approximate surface area is 173 Å². The number of alkyl halides is 3. The molecule has 0 bridgehead atoms. The van der Waals surface area contributed by atoms with Crippen LogP contribution in [0.2, 0.25) is 0 Å². The van der Waals surface area contributed by atoms with E-state index < -0.39 is 12.6 Å². The van der Waals surface area contributed by atoms with Gasteiger partial charge < -0.3 is 5.73 Å². The second-order valence-electron chi connectivity index (χ2n) is 8.70. The van der Waals surface area contributed by atoms with E-state index in [4.69, 9.17) is 11.1 Å². The van der Waals surface area contributed by atoms with E-state index in [0.29, 0.717) is 16.7 Å². The molecule has 30 heavy (non-hydrogen) atoms. The van der Waals surface area contributed by atoms with Gasteiger partial charge in [0.2, 0.25) is 0 Å². The molecule has 0 amide bonds. The number of hydrogen-bond acceptors (Lipinski definition) is 2. The Kier molecular flexibility index (Phi) is 4.49. The van der Waals surface area contributed by atoms with Gasteiger partial charge in [0.05, 0.1) is 6.42 Å². The largest absolute Gasteiger partial charge is 0.393 e. The lowest BCUT2D eigenvalue weighted by atomic mass is 9.83. The van der Waals surface area contributed by atoms with E-state index in [1.807, 2.05) is 18.2 Å². The van der Waals surface area contributed by atoms with Crippen LogP contribution in [0.5, 0.6) is 0 Å². The Morgan fingerprint density at radius 3 is 2.37 bits per heavy atom. The van der Waals surface area contributed by atoms with Gasteiger partial charge in [-0.2, -0.15) is 13.2 Å². The molecule has 0 atom stereocenters. The van der Waals surface area contributed by atoms with Crippen LogP contribution >= 0.6 is 0 Å². The predicted octanol–water partition coefficient (Wildman–Crippen LogP) is 5.95. The minimum Gasteiger partial charge on any atom is -0.383 e. The van der Waals surface area contributed by atoms with Crippen molar-refractivity contribution in [2.75, 3.05) is 0 Å². The lowest BCUT2D eigenvalue weighted by Gasteiger charge is -2.21. The molecule has 0 saturated carbocycles. The molecule has 3 nitrogen and oxygen atoms in total. The Hall–Kier alpha value is -3.15. The molecule has 0 unspecified atom stereocenters. The summed E-state index contributed by atoms with van der Waals surface area (Å²) in [4.78, 5) is 4.12. The predicted molar refractivity (Wildman–Crippen MR) is 115 cm³/mol. The number of halogens is 3. The number of aliphatic imine (C=N–C) groups is 1. The highest BCUT2D eigenvalue weighted by atomic mass is 19.4. The van der Waals surface area contributed by atoms with E-state index in [0.717, 1.165) is 21.9 Å². The molecule has 6 heteroatoms. The van der Waals surface area contributed by atoms with Crippen molar-refractivity contribution in [1.82, 2.24) is 0 Å². The molecule has 0 spiro atoms. The van der Waals surface area contributed by atoms with Gasteiger partial charge in [0.15, 0.2) is 5.84 Å². The molecule has 3 aromatic rings. The maximum atomic E-state index is 13.0. The zero-order chi connectivity index (χ0) is 21.8. The first-order valence-corrected chi connectivity index (χ1v) is 9.65. The summed E-state index contributed by atoms with van der Waals surface area (Å²) in [6.45, 7) is 6.32. The number of nitrogens with two attached hydrogens (primary N) is 1. The number of nitrogens with zero attached hydrogens (tertiary/aromatic N) is 1. The molecular formula is C24H22F3N3. The summed E-state index contributed by atoms with van der Waals surface area (Å²) in [7, 11) is 0. The van der Waals surface area contributed by atoms with Crippen LogP contribution in [0.25, 0.3) is 21.9 Å². The third kappa shape index (κ3) is 3.58. The lowest BCUT2D eigenvalue weighted by Crippen LogP contribution is -2.14. The maximum absolute atomic E-state index is 13.0. The maximum Gasteiger partial charge on any atom is 0.393 e. The first-order chi connectivity index (χ1) is 13.9. The van der Waals surface area contributed by atoms with Crippen molar-refractivity contribution in [2.24, 2.45) is 10.7 Å². The van der Waals surface area contributed by atoms with Gasteiger partial charge in [-0.05, 0) is 45.0 Å². The van der Waals surface area contributed by atoms with Crippen LogP contribution in [-0.2, 0) is 11.8 Å². The average molecular weight is 409 g/mol. The number of hydrogen-bond donors (Lipinski definition) is 2. The van der Waals surface area contributed by atoms with Gasteiger partial charge in [-0.1, -0.05) is 57.2 Å². The summed E-state index contributed by atoms with van der Waals surface area (Å²) >= 11 is 0. The monoisotopic (exact) mass is 409 g/mol. The van der Waals surface area contributed by atoms with Crippen LogP contribution in [-0.4, -0.2) is 17.8 Å². The fraction of sp³-hybridized carbons (Fsp3) is 0.250. The van der Waals surface area contributed by atoms with Gasteiger partial charge in [0.25, 0.3) is 0 Å². The molecule has 0 aliphatic carbocycles. The number of amidine groups is 2. The topological polar surface area (TPSA) is 62.2 Å².